The van der Waals surface area contributed by atoms with E-state index in [-0.39, 0.29) is 29.9 Å². The summed E-state index contributed by atoms with van der Waals surface area (Å²) in [6, 6.07) is 10.6. The van der Waals surface area contributed by atoms with Crippen molar-refractivity contribution in [2.45, 2.75) is 81.8 Å². The van der Waals surface area contributed by atoms with Crippen molar-refractivity contribution < 1.29 is 32.2 Å². The molecule has 1 saturated heterocycles. The van der Waals surface area contributed by atoms with Crippen molar-refractivity contribution >= 4 is 18.0 Å². The summed E-state index contributed by atoms with van der Waals surface area (Å²) < 4.78 is 52.3. The molecule has 2 heterocycles. The fourth-order valence-electron chi connectivity index (χ4n) is 8.28. The molecule has 224 valence electrons. The second kappa shape index (κ2) is 10.1. The molecule has 6 rings (SSSR count). The molecule has 2 unspecified atom stereocenters. The third-order valence-electron chi connectivity index (χ3n) is 9.78. The Morgan fingerprint density at radius 1 is 1.17 bits per heavy atom. The summed E-state index contributed by atoms with van der Waals surface area (Å²) in [4.78, 5) is 30.8. The van der Waals surface area contributed by atoms with Crippen LogP contribution in [-0.4, -0.2) is 65.6 Å². The van der Waals surface area contributed by atoms with E-state index in [9.17, 15) is 22.8 Å². The molecule has 2 aliphatic heterocycles. The van der Waals surface area contributed by atoms with Crippen LogP contribution in [0, 0.1) is 5.92 Å². The maximum atomic E-state index is 13.9. The quantitative estimate of drug-likeness (QED) is 0.327. The second-order valence-electron chi connectivity index (χ2n) is 12.7. The van der Waals surface area contributed by atoms with Gasteiger partial charge in [-0.05, 0) is 80.6 Å². The van der Waals surface area contributed by atoms with Gasteiger partial charge in [-0.1, -0.05) is 38.1 Å². The van der Waals surface area contributed by atoms with Crippen LogP contribution in [0.2, 0.25) is 0 Å². The van der Waals surface area contributed by atoms with E-state index in [4.69, 9.17) is 9.47 Å². The molecule has 0 aromatic heterocycles. The highest BCUT2D eigenvalue weighted by atomic mass is 19.4. The van der Waals surface area contributed by atoms with Crippen LogP contribution >= 0.6 is 0 Å². The number of carbonyl (C=O) groups is 2. The first kappa shape index (κ1) is 28.8. The molecule has 1 spiro atoms. The van der Waals surface area contributed by atoms with E-state index in [1.54, 1.807) is 6.08 Å². The van der Waals surface area contributed by atoms with E-state index in [2.05, 4.69) is 31.9 Å². The zero-order valence-electron chi connectivity index (χ0n) is 24.4. The molecule has 0 radical (unpaired) electrons. The predicted octanol–water partition coefficient (Wildman–Crippen LogP) is 5.63. The highest BCUT2D eigenvalue weighted by Gasteiger charge is 2.75. The molecule has 2 aromatic rings. The Balaban J connectivity index is 1.38. The maximum Gasteiger partial charge on any atom is 0.416 e. The fourth-order valence-corrected chi connectivity index (χ4v) is 8.28. The van der Waals surface area contributed by atoms with Crippen LogP contribution in [0.4, 0.5) is 13.2 Å². The predicted molar refractivity (Wildman–Crippen MR) is 152 cm³/mol. The molecule has 0 N–H and O–H groups in total. The van der Waals surface area contributed by atoms with E-state index in [0.717, 1.165) is 42.8 Å². The lowest BCUT2D eigenvalue weighted by atomic mass is 9.48. The van der Waals surface area contributed by atoms with E-state index >= 15 is 0 Å². The molecule has 1 saturated carbocycles. The van der Waals surface area contributed by atoms with Gasteiger partial charge in [-0.2, -0.15) is 13.2 Å². The van der Waals surface area contributed by atoms with Gasteiger partial charge in [-0.3, -0.25) is 14.5 Å². The number of ether oxygens (including phenoxy) is 2. The van der Waals surface area contributed by atoms with Crippen molar-refractivity contribution in [1.82, 2.24) is 9.80 Å². The first-order chi connectivity index (χ1) is 19.9. The summed E-state index contributed by atoms with van der Waals surface area (Å²) in [5, 5.41) is 0. The number of likely N-dealkylation sites (tertiary alicyclic amines) is 1. The van der Waals surface area contributed by atoms with Gasteiger partial charge in [0.25, 0.3) is 0 Å². The van der Waals surface area contributed by atoms with Gasteiger partial charge in [0.1, 0.15) is 17.5 Å². The number of nitrogens with zero attached hydrogens (tertiary/aromatic N) is 2. The van der Waals surface area contributed by atoms with E-state index in [0.29, 0.717) is 24.9 Å². The van der Waals surface area contributed by atoms with Crippen molar-refractivity contribution in [1.29, 1.82) is 0 Å². The Morgan fingerprint density at radius 2 is 1.90 bits per heavy atom. The standard InChI is InChI=1S/C33H37F3N2O4/c1-20(2)19-38(28(40)13-10-22-8-11-24(12-9-22)33(34,35)36)25-14-15-32(42-21(3)39)27-18-23-6-5-7-26-29(23)31(32,30(25)41-26)16-17-37(27)4/h5-13,20,25,27,30H,14-19H2,1-4H3/b13-10+/t25?,27-,30?,31+,32-/m1/s1. The Hall–Kier alpha value is -3.33. The SMILES string of the molecule is CC(=O)O[C@@]12CCC(N(CC(C)C)C(=O)/C=C/c3ccc(C(F)(F)F)cc3)C3Oc4cccc5c4[C@@]31CCN(C)[C@@H]2C5. The minimum atomic E-state index is -4.42. The number of hydrogen-bond acceptors (Lipinski definition) is 5. The third-order valence-corrected chi connectivity index (χ3v) is 9.78. The molecular weight excluding hydrogens is 545 g/mol. The number of hydrogen-bond donors (Lipinski definition) is 0. The van der Waals surface area contributed by atoms with Gasteiger partial charge in [0, 0.05) is 25.1 Å². The van der Waals surface area contributed by atoms with E-state index in [1.165, 1.54) is 30.7 Å². The minimum Gasteiger partial charge on any atom is -0.487 e. The van der Waals surface area contributed by atoms with E-state index < -0.39 is 28.9 Å². The van der Waals surface area contributed by atoms with Crippen molar-refractivity contribution in [3.05, 3.63) is 70.8 Å². The third kappa shape index (κ3) is 4.34. The molecule has 4 aliphatic rings. The summed E-state index contributed by atoms with van der Waals surface area (Å²) in [5.41, 5.74) is 0.759. The number of esters is 1. The average Bonchev–Trinajstić information content (AvgIpc) is 3.27. The molecule has 42 heavy (non-hydrogen) atoms. The van der Waals surface area contributed by atoms with Crippen LogP contribution in [0.25, 0.3) is 6.08 Å². The minimum absolute atomic E-state index is 0.00290. The zero-order chi connectivity index (χ0) is 30.0. The summed E-state index contributed by atoms with van der Waals surface area (Å²) in [5.74, 6) is 0.447. The topological polar surface area (TPSA) is 59.1 Å². The number of benzene rings is 2. The van der Waals surface area contributed by atoms with Gasteiger partial charge in [0.05, 0.1) is 23.1 Å². The first-order valence-electron chi connectivity index (χ1n) is 14.7. The van der Waals surface area contributed by atoms with Crippen LogP contribution in [0.15, 0.2) is 48.5 Å². The molecule has 2 aliphatic carbocycles. The van der Waals surface area contributed by atoms with Crippen molar-refractivity contribution in [2.75, 3.05) is 20.1 Å². The van der Waals surface area contributed by atoms with E-state index in [1.807, 2.05) is 17.0 Å². The Kier molecular flexibility index (Phi) is 6.95. The number of amides is 1. The largest absolute Gasteiger partial charge is 0.487 e. The molecule has 6 nitrogen and oxygen atoms in total. The highest BCUT2D eigenvalue weighted by Crippen LogP contribution is 2.65. The second-order valence-corrected chi connectivity index (χ2v) is 12.7. The zero-order valence-corrected chi connectivity index (χ0v) is 24.4. The smallest absolute Gasteiger partial charge is 0.416 e. The molecule has 2 aromatic carbocycles. The van der Waals surface area contributed by atoms with Crippen LogP contribution in [0.3, 0.4) is 0 Å². The Bertz CT molecular complexity index is 1420. The van der Waals surface area contributed by atoms with Gasteiger partial charge in [0.2, 0.25) is 5.91 Å². The van der Waals surface area contributed by atoms with Gasteiger partial charge >= 0.3 is 12.1 Å². The van der Waals surface area contributed by atoms with Crippen molar-refractivity contribution in [2.24, 2.45) is 5.92 Å². The van der Waals surface area contributed by atoms with Crippen LogP contribution < -0.4 is 4.74 Å². The van der Waals surface area contributed by atoms with Gasteiger partial charge in [0.15, 0.2) is 0 Å². The van der Waals surface area contributed by atoms with Crippen LogP contribution in [0.5, 0.6) is 5.75 Å². The Labute approximate surface area is 244 Å². The highest BCUT2D eigenvalue weighted by molar-refractivity contribution is 5.92. The molecule has 2 fully saturated rings. The number of piperidine rings is 1. The summed E-state index contributed by atoms with van der Waals surface area (Å²) >= 11 is 0. The summed E-state index contributed by atoms with van der Waals surface area (Å²) in [6.45, 7) is 6.89. The number of rotatable bonds is 6. The molecule has 1 amide bonds. The van der Waals surface area contributed by atoms with Gasteiger partial charge in [-0.15, -0.1) is 0 Å². The molecule has 2 bridgehead atoms. The average molecular weight is 583 g/mol. The molecule has 9 heteroatoms. The number of carbonyl (C=O) groups excluding carboxylic acids is 2. The fraction of sp³-hybridized carbons (Fsp3) is 0.515. The van der Waals surface area contributed by atoms with Crippen LogP contribution in [0.1, 0.15) is 62.3 Å². The summed E-state index contributed by atoms with van der Waals surface area (Å²) in [7, 11) is 2.09. The van der Waals surface area contributed by atoms with Crippen molar-refractivity contribution in [3.63, 3.8) is 0 Å². The maximum absolute atomic E-state index is 13.9. The number of likely N-dealkylation sites (N-methyl/N-ethyl adjacent to an activating group) is 1. The molecular formula is C33H37F3N2O4. The van der Waals surface area contributed by atoms with Gasteiger partial charge < -0.3 is 14.4 Å². The Morgan fingerprint density at radius 3 is 2.57 bits per heavy atom. The van der Waals surface area contributed by atoms with Crippen molar-refractivity contribution in [3.8, 4) is 5.75 Å². The first-order valence-corrected chi connectivity index (χ1v) is 14.7. The van der Waals surface area contributed by atoms with Gasteiger partial charge in [-0.25, -0.2) is 0 Å². The summed E-state index contributed by atoms with van der Waals surface area (Å²) in [6.07, 6.45) is 0.893. The monoisotopic (exact) mass is 582 g/mol. The normalized spacial score (nSPS) is 29.8. The molecule has 5 atom stereocenters. The number of alkyl halides is 3. The lowest BCUT2D eigenvalue weighted by Crippen LogP contribution is -2.79. The lowest BCUT2D eigenvalue weighted by Gasteiger charge is -2.65. The number of halogens is 3. The lowest BCUT2D eigenvalue weighted by molar-refractivity contribution is -0.221. The van der Waals surface area contributed by atoms with Crippen LogP contribution in [-0.2, 0) is 32.3 Å².